The zero-order valence-corrected chi connectivity index (χ0v) is 28.6. The smallest absolute Gasteiger partial charge is 0.409 e. The van der Waals surface area contributed by atoms with E-state index in [2.05, 4.69) is 22.5 Å². The highest BCUT2D eigenvalue weighted by atomic mass is 16.6. The molecular weight excluding hydrogens is 590 g/mol. The number of amides is 3. The van der Waals surface area contributed by atoms with Gasteiger partial charge >= 0.3 is 24.2 Å². The highest BCUT2D eigenvalue weighted by molar-refractivity contribution is 5.82. The topological polar surface area (TPSA) is 132 Å². The minimum absolute atomic E-state index is 0.197. The molecule has 2 aliphatic rings. The average molecular weight is 642 g/mol. The molecule has 0 unspecified atom stereocenters. The molecule has 1 aliphatic carbocycles. The average Bonchev–Trinajstić information content (AvgIpc) is 3.39. The van der Waals surface area contributed by atoms with E-state index in [4.69, 9.17) is 18.9 Å². The SMILES string of the molecule is COC(=O)N1CC[C@@H]2[C@H]1CCC[C@]2(C#Cc1cccc(C)c1)OC(=O)[C@H](CCCCNC(=O)OC(C)(C)C)NC(=O)OC(C)(C)C. The first kappa shape index (κ1) is 36.5. The largest absolute Gasteiger partial charge is 0.453 e. The van der Waals surface area contributed by atoms with Crippen molar-refractivity contribution in [3.63, 3.8) is 0 Å². The summed E-state index contributed by atoms with van der Waals surface area (Å²) in [6.07, 6.45) is 2.13. The van der Waals surface area contributed by atoms with E-state index in [1.165, 1.54) is 7.11 Å². The Kier molecular flexibility index (Phi) is 12.4. The maximum Gasteiger partial charge on any atom is 0.409 e. The number of ether oxygens (including phenoxy) is 4. The number of carbonyl (C=O) groups is 4. The van der Waals surface area contributed by atoms with Crippen molar-refractivity contribution < 1.29 is 38.1 Å². The van der Waals surface area contributed by atoms with Gasteiger partial charge in [0, 0.05) is 30.6 Å². The second-order valence-electron chi connectivity index (χ2n) is 14.1. The van der Waals surface area contributed by atoms with Gasteiger partial charge in [0.15, 0.2) is 5.60 Å². The van der Waals surface area contributed by atoms with Gasteiger partial charge in [-0.25, -0.2) is 19.2 Å². The van der Waals surface area contributed by atoms with Crippen LogP contribution in [0.4, 0.5) is 14.4 Å². The van der Waals surface area contributed by atoms with Gasteiger partial charge in [-0.05, 0) is 117 Å². The Labute approximate surface area is 273 Å². The Morgan fingerprint density at radius 3 is 2.37 bits per heavy atom. The van der Waals surface area contributed by atoms with Crippen LogP contribution in [0.1, 0.15) is 97.6 Å². The summed E-state index contributed by atoms with van der Waals surface area (Å²) < 4.78 is 22.2. The molecule has 2 N–H and O–H groups in total. The second-order valence-corrected chi connectivity index (χ2v) is 14.1. The van der Waals surface area contributed by atoms with Crippen LogP contribution in [0.3, 0.4) is 0 Å². The fourth-order valence-corrected chi connectivity index (χ4v) is 5.99. The quantitative estimate of drug-likeness (QED) is 0.156. The van der Waals surface area contributed by atoms with Gasteiger partial charge in [0.1, 0.15) is 17.2 Å². The Morgan fingerprint density at radius 2 is 1.72 bits per heavy atom. The number of fused-ring (bicyclic) bond motifs is 1. The van der Waals surface area contributed by atoms with Crippen molar-refractivity contribution >= 4 is 24.2 Å². The van der Waals surface area contributed by atoms with E-state index in [9.17, 15) is 19.2 Å². The van der Waals surface area contributed by atoms with Crippen LogP contribution in [-0.2, 0) is 23.7 Å². The number of likely N-dealkylation sites (tertiary alicyclic amines) is 1. The van der Waals surface area contributed by atoms with Crippen molar-refractivity contribution in [2.24, 2.45) is 5.92 Å². The van der Waals surface area contributed by atoms with Crippen molar-refractivity contribution in [2.75, 3.05) is 20.2 Å². The first-order valence-electron chi connectivity index (χ1n) is 16.2. The van der Waals surface area contributed by atoms with Crippen LogP contribution in [0, 0.1) is 24.7 Å². The Hall–Kier alpha value is -3.94. The van der Waals surface area contributed by atoms with E-state index >= 15 is 0 Å². The molecule has 0 bridgehead atoms. The van der Waals surface area contributed by atoms with Gasteiger partial charge in [0.25, 0.3) is 0 Å². The van der Waals surface area contributed by atoms with Crippen LogP contribution in [0.2, 0.25) is 0 Å². The fourth-order valence-electron chi connectivity index (χ4n) is 5.99. The lowest BCUT2D eigenvalue weighted by Crippen LogP contribution is -2.54. The number of unbranched alkanes of at least 4 members (excludes halogenated alkanes) is 1. The van der Waals surface area contributed by atoms with Gasteiger partial charge in [0.2, 0.25) is 0 Å². The molecule has 0 aromatic heterocycles. The van der Waals surface area contributed by atoms with Gasteiger partial charge in [-0.2, -0.15) is 0 Å². The molecule has 0 radical (unpaired) electrons. The van der Waals surface area contributed by atoms with Crippen LogP contribution >= 0.6 is 0 Å². The number of esters is 1. The summed E-state index contributed by atoms with van der Waals surface area (Å²) in [6.45, 7) is 13.4. The van der Waals surface area contributed by atoms with Gasteiger partial charge in [-0.15, -0.1) is 0 Å². The molecule has 1 heterocycles. The number of aryl methyl sites for hydroxylation is 1. The number of methoxy groups -OCH3 is 1. The summed E-state index contributed by atoms with van der Waals surface area (Å²) >= 11 is 0. The molecule has 1 aliphatic heterocycles. The minimum Gasteiger partial charge on any atom is -0.453 e. The molecule has 0 spiro atoms. The maximum absolute atomic E-state index is 14.0. The van der Waals surface area contributed by atoms with Crippen LogP contribution < -0.4 is 10.6 Å². The molecule has 1 aromatic rings. The molecule has 1 saturated heterocycles. The molecule has 3 rings (SSSR count). The molecule has 11 heteroatoms. The predicted octanol–water partition coefficient (Wildman–Crippen LogP) is 5.86. The molecule has 11 nitrogen and oxygen atoms in total. The molecule has 4 atom stereocenters. The van der Waals surface area contributed by atoms with Crippen molar-refractivity contribution in [3.8, 4) is 11.8 Å². The van der Waals surface area contributed by atoms with Gasteiger partial charge < -0.3 is 34.5 Å². The molecule has 2 fully saturated rings. The van der Waals surface area contributed by atoms with Crippen molar-refractivity contribution in [2.45, 2.75) is 122 Å². The highest BCUT2D eigenvalue weighted by Crippen LogP contribution is 2.45. The lowest BCUT2D eigenvalue weighted by molar-refractivity contribution is -0.165. The van der Waals surface area contributed by atoms with Gasteiger partial charge in [0.05, 0.1) is 7.11 Å². The van der Waals surface area contributed by atoms with E-state index < -0.39 is 47.1 Å². The summed E-state index contributed by atoms with van der Waals surface area (Å²) in [7, 11) is 1.36. The van der Waals surface area contributed by atoms with Gasteiger partial charge in [-0.1, -0.05) is 18.1 Å². The highest BCUT2D eigenvalue weighted by Gasteiger charge is 2.54. The van der Waals surface area contributed by atoms with Crippen molar-refractivity contribution in [1.82, 2.24) is 15.5 Å². The number of benzene rings is 1. The summed E-state index contributed by atoms with van der Waals surface area (Å²) in [5.74, 6) is 5.72. The summed E-state index contributed by atoms with van der Waals surface area (Å²) in [5, 5.41) is 5.42. The molecule has 1 aromatic carbocycles. The minimum atomic E-state index is -1.18. The van der Waals surface area contributed by atoms with Crippen molar-refractivity contribution in [1.29, 1.82) is 0 Å². The Bertz CT molecular complexity index is 1310. The monoisotopic (exact) mass is 641 g/mol. The third-order valence-electron chi connectivity index (χ3n) is 7.88. The number of hydrogen-bond acceptors (Lipinski definition) is 8. The molecular formula is C35H51N3O8. The Morgan fingerprint density at radius 1 is 1.02 bits per heavy atom. The standard InChI is InChI=1S/C35H51N3O8/c1-24-13-11-14-25(23-24)17-20-35(19-12-16-28-26(35)18-22-38(28)32(42)43-8)44-29(39)27(37-31(41)46-34(5,6)7)15-9-10-21-36-30(40)45-33(2,3)4/h11,13-14,23,26-28H,9-10,12,15-16,18-19,21-22H2,1-8H3,(H,36,40)(H,37,41)/t26-,27+,28-,35-/m1/s1. The summed E-state index contributed by atoms with van der Waals surface area (Å²) in [5.41, 5.74) is -0.715. The summed E-state index contributed by atoms with van der Waals surface area (Å²) in [4.78, 5) is 53.2. The maximum atomic E-state index is 14.0. The number of nitrogens with one attached hydrogen (secondary N) is 2. The van der Waals surface area contributed by atoms with E-state index in [1.54, 1.807) is 46.4 Å². The molecule has 3 amide bonds. The van der Waals surface area contributed by atoms with Crippen LogP contribution in [0.5, 0.6) is 0 Å². The van der Waals surface area contributed by atoms with E-state index in [0.717, 1.165) is 17.5 Å². The molecule has 46 heavy (non-hydrogen) atoms. The first-order valence-corrected chi connectivity index (χ1v) is 16.2. The normalized spacial score (nSPS) is 21.5. The lowest BCUT2D eigenvalue weighted by atomic mass is 9.72. The number of rotatable bonds is 8. The lowest BCUT2D eigenvalue weighted by Gasteiger charge is -2.43. The van der Waals surface area contributed by atoms with Crippen LogP contribution in [0.15, 0.2) is 24.3 Å². The van der Waals surface area contributed by atoms with Crippen LogP contribution in [0.25, 0.3) is 0 Å². The van der Waals surface area contributed by atoms with Gasteiger partial charge in [-0.3, -0.25) is 0 Å². The predicted molar refractivity (Wildman–Crippen MR) is 173 cm³/mol. The number of carbonyl (C=O) groups excluding carboxylic acids is 4. The third kappa shape index (κ3) is 10.8. The first-order chi connectivity index (χ1) is 21.5. The fraction of sp³-hybridized carbons (Fsp3) is 0.657. The van der Waals surface area contributed by atoms with Crippen LogP contribution in [-0.4, -0.2) is 78.2 Å². The third-order valence-corrected chi connectivity index (χ3v) is 7.88. The Balaban J connectivity index is 1.84. The van der Waals surface area contributed by atoms with E-state index in [0.29, 0.717) is 45.2 Å². The molecule has 1 saturated carbocycles. The zero-order chi connectivity index (χ0) is 34.1. The second kappa shape index (κ2) is 15.6. The zero-order valence-electron chi connectivity index (χ0n) is 28.6. The molecule has 254 valence electrons. The van der Waals surface area contributed by atoms with E-state index in [-0.39, 0.29) is 18.4 Å². The van der Waals surface area contributed by atoms with Crippen molar-refractivity contribution in [3.05, 3.63) is 35.4 Å². The summed E-state index contributed by atoms with van der Waals surface area (Å²) in [6, 6.07) is 6.57. The number of hydrogen-bond donors (Lipinski definition) is 2. The number of nitrogens with zero attached hydrogens (tertiary/aromatic N) is 1. The van der Waals surface area contributed by atoms with E-state index in [1.807, 2.05) is 31.2 Å². The number of alkyl carbamates (subject to hydrolysis) is 2.